The van der Waals surface area contributed by atoms with Crippen molar-refractivity contribution in [1.82, 2.24) is 4.90 Å². The number of nitrogens with zero attached hydrogens (tertiary/aromatic N) is 1. The first-order chi connectivity index (χ1) is 8.05. The van der Waals surface area contributed by atoms with Crippen LogP contribution in [0, 0.1) is 11.6 Å². The van der Waals surface area contributed by atoms with Gasteiger partial charge in [-0.2, -0.15) is 0 Å². The van der Waals surface area contributed by atoms with E-state index in [-0.39, 0.29) is 0 Å². The van der Waals surface area contributed by atoms with Crippen LogP contribution in [0.25, 0.3) is 0 Å². The summed E-state index contributed by atoms with van der Waals surface area (Å²) in [6, 6.07) is 3.61. The summed E-state index contributed by atoms with van der Waals surface area (Å²) < 4.78 is 25.9. The van der Waals surface area contributed by atoms with Crippen LogP contribution in [0.1, 0.15) is 25.3 Å². The van der Waals surface area contributed by atoms with Gasteiger partial charge < -0.3 is 5.11 Å². The number of aliphatic hydroxyl groups is 1. The third-order valence-electron chi connectivity index (χ3n) is 3.26. The highest BCUT2D eigenvalue weighted by Gasteiger charge is 2.42. The second kappa shape index (κ2) is 4.70. The van der Waals surface area contributed by atoms with Gasteiger partial charge in [0.2, 0.25) is 0 Å². The predicted molar refractivity (Wildman–Crippen MR) is 61.6 cm³/mol. The van der Waals surface area contributed by atoms with Crippen molar-refractivity contribution < 1.29 is 13.9 Å². The molecule has 4 heteroatoms. The third-order valence-corrected chi connectivity index (χ3v) is 3.26. The van der Waals surface area contributed by atoms with Gasteiger partial charge in [-0.15, -0.1) is 0 Å². The average Bonchev–Trinajstić information content (AvgIpc) is 2.26. The second-order valence-electron chi connectivity index (χ2n) is 4.72. The van der Waals surface area contributed by atoms with E-state index < -0.39 is 17.2 Å². The molecule has 1 aliphatic rings. The summed E-state index contributed by atoms with van der Waals surface area (Å²) in [5, 5.41) is 10.2. The highest BCUT2D eigenvalue weighted by Crippen LogP contribution is 2.32. The Morgan fingerprint density at radius 1 is 1.29 bits per heavy atom. The maximum atomic E-state index is 13.1. The number of unbranched alkanes of at least 4 members (excludes halogenated alkanes) is 1. The number of likely N-dealkylation sites (tertiary alicyclic amines) is 1. The first-order valence-corrected chi connectivity index (χ1v) is 5.95. The Labute approximate surface area is 99.9 Å². The van der Waals surface area contributed by atoms with Crippen molar-refractivity contribution in [3.05, 3.63) is 35.4 Å². The van der Waals surface area contributed by atoms with Gasteiger partial charge in [-0.3, -0.25) is 4.90 Å². The van der Waals surface area contributed by atoms with Crippen LogP contribution in [0.2, 0.25) is 0 Å². The smallest absolute Gasteiger partial charge is 0.159 e. The predicted octanol–water partition coefficient (Wildman–Crippen LogP) is 2.27. The third kappa shape index (κ3) is 2.48. The number of rotatable bonds is 4. The summed E-state index contributed by atoms with van der Waals surface area (Å²) in [5.74, 6) is -1.78. The zero-order valence-electron chi connectivity index (χ0n) is 9.92. The normalized spacial score (nSPS) is 19.1. The van der Waals surface area contributed by atoms with Gasteiger partial charge >= 0.3 is 0 Å². The molecular weight excluding hydrogens is 224 g/mol. The Bertz CT molecular complexity index is 402. The van der Waals surface area contributed by atoms with Crippen LogP contribution in [-0.4, -0.2) is 29.6 Å². The molecule has 0 atom stereocenters. The van der Waals surface area contributed by atoms with Crippen LogP contribution in [0.15, 0.2) is 18.2 Å². The molecule has 0 radical (unpaired) electrons. The van der Waals surface area contributed by atoms with E-state index in [4.69, 9.17) is 0 Å². The van der Waals surface area contributed by atoms with Crippen LogP contribution >= 0.6 is 0 Å². The van der Waals surface area contributed by atoms with Crippen molar-refractivity contribution >= 4 is 0 Å². The quantitative estimate of drug-likeness (QED) is 0.874. The lowest BCUT2D eigenvalue weighted by Crippen LogP contribution is -2.59. The van der Waals surface area contributed by atoms with Crippen LogP contribution < -0.4 is 0 Å². The lowest BCUT2D eigenvalue weighted by Gasteiger charge is -2.47. The van der Waals surface area contributed by atoms with E-state index in [1.54, 1.807) is 0 Å². The summed E-state index contributed by atoms with van der Waals surface area (Å²) >= 11 is 0. The number of hydrogen-bond donors (Lipinski definition) is 1. The summed E-state index contributed by atoms with van der Waals surface area (Å²) in [4.78, 5) is 2.12. The Morgan fingerprint density at radius 3 is 2.59 bits per heavy atom. The van der Waals surface area contributed by atoms with E-state index >= 15 is 0 Å². The highest BCUT2D eigenvalue weighted by molar-refractivity contribution is 5.27. The second-order valence-corrected chi connectivity index (χ2v) is 4.72. The fraction of sp³-hybridized carbons (Fsp3) is 0.538. The maximum absolute atomic E-state index is 13.1. The molecule has 1 fully saturated rings. The van der Waals surface area contributed by atoms with Crippen LogP contribution in [0.3, 0.4) is 0 Å². The minimum atomic E-state index is -1.01. The molecular formula is C13H17F2NO. The first-order valence-electron chi connectivity index (χ1n) is 5.95. The maximum Gasteiger partial charge on any atom is 0.159 e. The molecule has 94 valence electrons. The van der Waals surface area contributed by atoms with Crippen molar-refractivity contribution in [3.8, 4) is 0 Å². The van der Waals surface area contributed by atoms with E-state index in [9.17, 15) is 13.9 Å². The minimum absolute atomic E-state index is 0.462. The topological polar surface area (TPSA) is 23.5 Å². The Hall–Kier alpha value is -1.00. The molecule has 0 bridgehead atoms. The molecule has 17 heavy (non-hydrogen) atoms. The van der Waals surface area contributed by atoms with Gasteiger partial charge in [0.15, 0.2) is 11.6 Å². The molecule has 1 N–H and O–H groups in total. The van der Waals surface area contributed by atoms with Gasteiger partial charge in [0, 0.05) is 13.1 Å². The Kier molecular flexibility index (Phi) is 3.45. The SMILES string of the molecule is CCCCN1CC(O)(c2ccc(F)c(F)c2)C1. The zero-order valence-corrected chi connectivity index (χ0v) is 9.92. The Morgan fingerprint density at radius 2 is 2.00 bits per heavy atom. The van der Waals surface area contributed by atoms with Gasteiger partial charge in [0.05, 0.1) is 0 Å². The van der Waals surface area contributed by atoms with Crippen molar-refractivity contribution in [2.24, 2.45) is 0 Å². The zero-order chi connectivity index (χ0) is 12.5. The van der Waals surface area contributed by atoms with E-state index in [0.717, 1.165) is 31.5 Å². The van der Waals surface area contributed by atoms with E-state index in [2.05, 4.69) is 11.8 Å². The molecule has 0 spiro atoms. The van der Waals surface area contributed by atoms with Gasteiger partial charge in [-0.05, 0) is 30.7 Å². The molecule has 1 aliphatic heterocycles. The largest absolute Gasteiger partial charge is 0.382 e. The molecule has 0 saturated carbocycles. The van der Waals surface area contributed by atoms with E-state index in [0.29, 0.717) is 18.7 Å². The monoisotopic (exact) mass is 241 g/mol. The standard InChI is InChI=1S/C13H17F2NO/c1-2-3-6-16-8-13(17,9-16)10-4-5-11(14)12(15)7-10/h4-5,7,17H,2-3,6,8-9H2,1H3. The molecule has 1 saturated heterocycles. The molecule has 1 aromatic carbocycles. The van der Waals surface area contributed by atoms with Crippen LogP contribution in [0.4, 0.5) is 8.78 Å². The lowest BCUT2D eigenvalue weighted by atomic mass is 9.86. The molecule has 0 aromatic heterocycles. The summed E-state index contributed by atoms with van der Waals surface area (Å²) in [7, 11) is 0. The molecule has 2 rings (SSSR count). The molecule has 0 aliphatic carbocycles. The summed E-state index contributed by atoms with van der Waals surface area (Å²) in [5.41, 5.74) is -0.549. The van der Waals surface area contributed by atoms with Gasteiger partial charge in [0.1, 0.15) is 5.60 Å². The molecule has 0 amide bonds. The van der Waals surface area contributed by atoms with Crippen molar-refractivity contribution in [2.45, 2.75) is 25.4 Å². The average molecular weight is 241 g/mol. The number of halogens is 2. The van der Waals surface area contributed by atoms with Crippen LogP contribution in [-0.2, 0) is 5.60 Å². The molecule has 2 nitrogen and oxygen atoms in total. The minimum Gasteiger partial charge on any atom is -0.382 e. The van der Waals surface area contributed by atoms with Crippen molar-refractivity contribution in [1.29, 1.82) is 0 Å². The first kappa shape index (κ1) is 12.5. The summed E-state index contributed by atoms with van der Waals surface area (Å²) in [6.07, 6.45) is 2.20. The highest BCUT2D eigenvalue weighted by atomic mass is 19.2. The summed E-state index contributed by atoms with van der Waals surface area (Å²) in [6.45, 7) is 4.06. The van der Waals surface area contributed by atoms with Gasteiger partial charge in [0.25, 0.3) is 0 Å². The van der Waals surface area contributed by atoms with Crippen LogP contribution in [0.5, 0.6) is 0 Å². The van der Waals surface area contributed by atoms with E-state index in [1.807, 2.05) is 0 Å². The van der Waals surface area contributed by atoms with Crippen molar-refractivity contribution in [3.63, 3.8) is 0 Å². The fourth-order valence-corrected chi connectivity index (χ4v) is 2.20. The number of hydrogen-bond acceptors (Lipinski definition) is 2. The molecule has 1 aromatic rings. The Balaban J connectivity index is 2.01. The fourth-order valence-electron chi connectivity index (χ4n) is 2.20. The number of β-amino-alcohol motifs (C(OH)–C–C–N with tert-alkyl or cyclic N) is 1. The molecule has 1 heterocycles. The van der Waals surface area contributed by atoms with Gasteiger partial charge in [-0.25, -0.2) is 8.78 Å². The molecule has 0 unspecified atom stereocenters. The van der Waals surface area contributed by atoms with Gasteiger partial charge in [-0.1, -0.05) is 19.4 Å². The lowest BCUT2D eigenvalue weighted by molar-refractivity contribution is -0.104. The van der Waals surface area contributed by atoms with Crippen molar-refractivity contribution in [2.75, 3.05) is 19.6 Å². The van der Waals surface area contributed by atoms with E-state index in [1.165, 1.54) is 6.07 Å². The number of benzene rings is 1.